The van der Waals surface area contributed by atoms with E-state index in [4.69, 9.17) is 5.73 Å². The summed E-state index contributed by atoms with van der Waals surface area (Å²) in [5.41, 5.74) is 7.63. The Hall–Kier alpha value is -1.09. The molecule has 2 N–H and O–H groups in total. The van der Waals surface area contributed by atoms with E-state index in [0.29, 0.717) is 18.0 Å². The molecule has 0 aromatic carbocycles. The number of hydrogen-bond acceptors (Lipinski definition) is 3. The van der Waals surface area contributed by atoms with Crippen molar-refractivity contribution >= 4 is 17.1 Å². The number of nitrogens with two attached hydrogens (primary N) is 1. The molecule has 1 aliphatic carbocycles. The Morgan fingerprint density at radius 3 is 2.92 bits per heavy atom. The highest BCUT2D eigenvalue weighted by atomic mass is 32.1. The predicted molar refractivity (Wildman–Crippen MR) is 53.6 cm³/mol. The molecule has 1 heterocycles. The van der Waals surface area contributed by atoms with E-state index in [9.17, 15) is 4.79 Å². The maximum absolute atomic E-state index is 11.2. The van der Waals surface area contributed by atoms with Crippen LogP contribution in [0.1, 0.15) is 24.3 Å². The summed E-state index contributed by atoms with van der Waals surface area (Å²) in [5, 5.41) is 4.13. The molecule has 68 valence electrons. The largest absolute Gasteiger partial charge is 0.402 e. The SMILES string of the molecule is NC1=CC(=O)CC(c2ccsc2)C1. The molecule has 0 amide bonds. The van der Waals surface area contributed by atoms with E-state index in [1.165, 1.54) is 5.56 Å². The molecule has 0 fully saturated rings. The fraction of sp³-hybridized carbons (Fsp3) is 0.300. The summed E-state index contributed by atoms with van der Waals surface area (Å²) in [6, 6.07) is 2.07. The third-order valence-electron chi connectivity index (χ3n) is 2.29. The lowest BCUT2D eigenvalue weighted by atomic mass is 9.87. The van der Waals surface area contributed by atoms with Gasteiger partial charge in [-0.2, -0.15) is 11.3 Å². The first-order valence-electron chi connectivity index (χ1n) is 4.26. The minimum absolute atomic E-state index is 0.153. The van der Waals surface area contributed by atoms with Crippen LogP contribution in [0.2, 0.25) is 0 Å². The fourth-order valence-electron chi connectivity index (χ4n) is 1.67. The summed E-state index contributed by atoms with van der Waals surface area (Å²) < 4.78 is 0. The first-order chi connectivity index (χ1) is 6.25. The van der Waals surface area contributed by atoms with Crippen LogP contribution < -0.4 is 5.73 Å². The summed E-state index contributed by atoms with van der Waals surface area (Å²) in [6.45, 7) is 0. The van der Waals surface area contributed by atoms with Gasteiger partial charge in [-0.05, 0) is 40.8 Å². The van der Waals surface area contributed by atoms with E-state index >= 15 is 0 Å². The number of allylic oxidation sites excluding steroid dienone is 2. The molecule has 1 aromatic heterocycles. The van der Waals surface area contributed by atoms with E-state index in [2.05, 4.69) is 11.4 Å². The van der Waals surface area contributed by atoms with E-state index in [1.807, 2.05) is 5.38 Å². The summed E-state index contributed by atoms with van der Waals surface area (Å²) >= 11 is 1.66. The van der Waals surface area contributed by atoms with Gasteiger partial charge in [-0.3, -0.25) is 4.79 Å². The monoisotopic (exact) mass is 193 g/mol. The average molecular weight is 193 g/mol. The maximum Gasteiger partial charge on any atom is 0.158 e. The van der Waals surface area contributed by atoms with Crippen molar-refractivity contribution in [1.29, 1.82) is 0 Å². The third kappa shape index (κ3) is 1.80. The maximum atomic E-state index is 11.2. The molecule has 0 spiro atoms. The second kappa shape index (κ2) is 3.34. The van der Waals surface area contributed by atoms with Gasteiger partial charge in [-0.15, -0.1) is 0 Å². The average Bonchev–Trinajstić information content (AvgIpc) is 2.53. The molecular formula is C10H11NOS. The van der Waals surface area contributed by atoms with Gasteiger partial charge < -0.3 is 5.73 Å². The zero-order valence-corrected chi connectivity index (χ0v) is 8.01. The van der Waals surface area contributed by atoms with Crippen LogP contribution in [-0.4, -0.2) is 5.78 Å². The first kappa shape index (κ1) is 8.51. The van der Waals surface area contributed by atoms with E-state index in [-0.39, 0.29) is 5.78 Å². The number of ketones is 1. The summed E-state index contributed by atoms with van der Waals surface area (Å²) in [7, 11) is 0. The van der Waals surface area contributed by atoms with Crippen molar-refractivity contribution < 1.29 is 4.79 Å². The molecular weight excluding hydrogens is 182 g/mol. The summed E-state index contributed by atoms with van der Waals surface area (Å²) in [4.78, 5) is 11.2. The number of hydrogen-bond donors (Lipinski definition) is 1. The quantitative estimate of drug-likeness (QED) is 0.741. The number of carbonyl (C=O) groups excluding carboxylic acids is 1. The van der Waals surface area contributed by atoms with E-state index in [0.717, 1.165) is 6.42 Å². The van der Waals surface area contributed by atoms with Crippen LogP contribution in [0.15, 0.2) is 28.6 Å². The standard InChI is InChI=1S/C10H11NOS/c11-9-3-8(4-10(12)5-9)7-1-2-13-6-7/h1-2,5-6,8H,3-4,11H2. The summed E-state index contributed by atoms with van der Waals surface area (Å²) in [5.74, 6) is 0.462. The molecule has 1 aromatic rings. The van der Waals surface area contributed by atoms with Gasteiger partial charge in [-0.1, -0.05) is 0 Å². The highest BCUT2D eigenvalue weighted by Crippen LogP contribution is 2.30. The molecule has 2 nitrogen and oxygen atoms in total. The second-order valence-electron chi connectivity index (χ2n) is 3.35. The Balaban J connectivity index is 2.20. The molecule has 0 bridgehead atoms. The van der Waals surface area contributed by atoms with Gasteiger partial charge in [0.05, 0.1) is 0 Å². The molecule has 1 aliphatic rings. The van der Waals surface area contributed by atoms with Gasteiger partial charge in [0.25, 0.3) is 0 Å². The highest BCUT2D eigenvalue weighted by molar-refractivity contribution is 7.07. The van der Waals surface area contributed by atoms with Crippen LogP contribution in [0.5, 0.6) is 0 Å². The second-order valence-corrected chi connectivity index (χ2v) is 4.13. The van der Waals surface area contributed by atoms with Crippen molar-refractivity contribution in [2.24, 2.45) is 5.73 Å². The number of carbonyl (C=O) groups is 1. The topological polar surface area (TPSA) is 43.1 Å². The van der Waals surface area contributed by atoms with Crippen molar-refractivity contribution in [3.05, 3.63) is 34.2 Å². The Morgan fingerprint density at radius 1 is 1.46 bits per heavy atom. The fourth-order valence-corrected chi connectivity index (χ4v) is 2.41. The lowest BCUT2D eigenvalue weighted by Crippen LogP contribution is -2.16. The lowest BCUT2D eigenvalue weighted by Gasteiger charge is -2.18. The minimum atomic E-state index is 0.153. The van der Waals surface area contributed by atoms with Crippen LogP contribution in [0, 0.1) is 0 Å². The Morgan fingerprint density at radius 2 is 2.31 bits per heavy atom. The van der Waals surface area contributed by atoms with Crippen LogP contribution >= 0.6 is 11.3 Å². The predicted octanol–water partition coefficient (Wildman–Crippen LogP) is 2.04. The molecule has 1 unspecified atom stereocenters. The molecule has 13 heavy (non-hydrogen) atoms. The van der Waals surface area contributed by atoms with Crippen molar-refractivity contribution in [2.75, 3.05) is 0 Å². The highest BCUT2D eigenvalue weighted by Gasteiger charge is 2.20. The van der Waals surface area contributed by atoms with Crippen molar-refractivity contribution in [1.82, 2.24) is 0 Å². The molecule has 3 heteroatoms. The van der Waals surface area contributed by atoms with Gasteiger partial charge in [0.15, 0.2) is 5.78 Å². The molecule has 2 rings (SSSR count). The lowest BCUT2D eigenvalue weighted by molar-refractivity contribution is -0.115. The van der Waals surface area contributed by atoms with Gasteiger partial charge in [0, 0.05) is 12.1 Å². The van der Waals surface area contributed by atoms with Crippen LogP contribution in [0.25, 0.3) is 0 Å². The molecule has 0 saturated heterocycles. The Bertz CT molecular complexity index is 340. The smallest absolute Gasteiger partial charge is 0.158 e. The van der Waals surface area contributed by atoms with Crippen LogP contribution in [-0.2, 0) is 4.79 Å². The molecule has 0 aliphatic heterocycles. The van der Waals surface area contributed by atoms with Crippen molar-refractivity contribution in [3.8, 4) is 0 Å². The molecule has 1 atom stereocenters. The zero-order valence-electron chi connectivity index (χ0n) is 7.19. The minimum Gasteiger partial charge on any atom is -0.402 e. The summed E-state index contributed by atoms with van der Waals surface area (Å²) in [6.07, 6.45) is 2.99. The normalized spacial score (nSPS) is 22.9. The molecule has 0 radical (unpaired) electrons. The number of thiophene rings is 1. The Kier molecular flexibility index (Phi) is 2.19. The van der Waals surface area contributed by atoms with Gasteiger partial charge in [0.1, 0.15) is 0 Å². The van der Waals surface area contributed by atoms with Gasteiger partial charge in [-0.25, -0.2) is 0 Å². The van der Waals surface area contributed by atoms with Gasteiger partial charge in [0.2, 0.25) is 0 Å². The number of rotatable bonds is 1. The van der Waals surface area contributed by atoms with E-state index < -0.39 is 0 Å². The van der Waals surface area contributed by atoms with Crippen molar-refractivity contribution in [3.63, 3.8) is 0 Å². The van der Waals surface area contributed by atoms with Crippen LogP contribution in [0.3, 0.4) is 0 Å². The third-order valence-corrected chi connectivity index (χ3v) is 2.99. The van der Waals surface area contributed by atoms with E-state index in [1.54, 1.807) is 17.4 Å². The Labute approximate surface area is 81.1 Å². The first-order valence-corrected chi connectivity index (χ1v) is 5.21. The molecule has 0 saturated carbocycles. The zero-order chi connectivity index (χ0) is 9.26. The van der Waals surface area contributed by atoms with Gasteiger partial charge >= 0.3 is 0 Å². The van der Waals surface area contributed by atoms with Crippen molar-refractivity contribution in [2.45, 2.75) is 18.8 Å². The van der Waals surface area contributed by atoms with Crippen LogP contribution in [0.4, 0.5) is 0 Å².